The largest absolute Gasteiger partial charge is 0.497 e. The molecule has 0 saturated heterocycles. The Bertz CT molecular complexity index is 390. The van der Waals surface area contributed by atoms with Gasteiger partial charge in [0.2, 0.25) is 5.91 Å². The Labute approximate surface area is 88.4 Å². The van der Waals surface area contributed by atoms with Gasteiger partial charge in [0.05, 0.1) is 7.11 Å². The van der Waals surface area contributed by atoms with Gasteiger partial charge in [-0.3, -0.25) is 4.79 Å². The van der Waals surface area contributed by atoms with E-state index in [1.807, 2.05) is 18.2 Å². The predicted octanol–water partition coefficient (Wildman–Crippen LogP) is 0.907. The molecular weight excluding hydrogens is 192 g/mol. The molecule has 0 aromatic heterocycles. The Morgan fingerprint density at radius 2 is 2.40 bits per heavy atom. The third kappa shape index (κ3) is 1.88. The maximum atomic E-state index is 11.0. The van der Waals surface area contributed by atoms with Gasteiger partial charge in [-0.15, -0.1) is 0 Å². The number of nitrogens with two attached hydrogens (primary N) is 1. The minimum Gasteiger partial charge on any atom is -0.497 e. The van der Waals surface area contributed by atoms with Crippen LogP contribution in [0.5, 0.6) is 5.75 Å². The average Bonchev–Trinajstić information content (AvgIpc) is 2.27. The number of fused-ring (bicyclic) bond motifs is 1. The highest BCUT2D eigenvalue weighted by Crippen LogP contribution is 2.28. The summed E-state index contributed by atoms with van der Waals surface area (Å²) >= 11 is 0. The van der Waals surface area contributed by atoms with Crippen molar-refractivity contribution in [3.05, 3.63) is 23.8 Å². The topological polar surface area (TPSA) is 64.3 Å². The molecule has 0 bridgehead atoms. The van der Waals surface area contributed by atoms with E-state index < -0.39 is 0 Å². The van der Waals surface area contributed by atoms with Crippen LogP contribution in [0.2, 0.25) is 0 Å². The number of ether oxygens (including phenoxy) is 1. The number of rotatable bonds is 2. The zero-order chi connectivity index (χ0) is 10.8. The van der Waals surface area contributed by atoms with Crippen molar-refractivity contribution in [1.82, 2.24) is 0 Å². The van der Waals surface area contributed by atoms with Gasteiger partial charge in [0.25, 0.3) is 0 Å². The highest BCUT2D eigenvalue weighted by Gasteiger charge is 2.21. The quantitative estimate of drug-likeness (QED) is 0.755. The van der Waals surface area contributed by atoms with Crippen molar-refractivity contribution in [2.45, 2.75) is 18.9 Å². The lowest BCUT2D eigenvalue weighted by Crippen LogP contribution is -2.38. The van der Waals surface area contributed by atoms with E-state index in [2.05, 4.69) is 5.32 Å². The van der Waals surface area contributed by atoms with Gasteiger partial charge < -0.3 is 15.8 Å². The molecule has 3 N–H and O–H groups in total. The lowest BCUT2D eigenvalue weighted by molar-refractivity contribution is -0.118. The maximum absolute atomic E-state index is 11.0. The summed E-state index contributed by atoms with van der Waals surface area (Å²) in [6.07, 6.45) is 1.60. The molecule has 0 aliphatic carbocycles. The molecule has 0 spiro atoms. The van der Waals surface area contributed by atoms with Crippen molar-refractivity contribution in [1.29, 1.82) is 0 Å². The number of nitrogens with one attached hydrogen (secondary N) is 1. The number of hydrogen-bond donors (Lipinski definition) is 2. The maximum Gasteiger partial charge on any atom is 0.239 e. The van der Waals surface area contributed by atoms with Gasteiger partial charge in [-0.05, 0) is 36.6 Å². The van der Waals surface area contributed by atoms with Crippen LogP contribution in [0.4, 0.5) is 5.69 Å². The Kier molecular flexibility index (Phi) is 2.49. The fourth-order valence-electron chi connectivity index (χ4n) is 1.82. The fourth-order valence-corrected chi connectivity index (χ4v) is 1.82. The molecule has 0 fully saturated rings. The van der Waals surface area contributed by atoms with Gasteiger partial charge in [-0.1, -0.05) is 0 Å². The highest BCUT2D eigenvalue weighted by atomic mass is 16.5. The Hall–Kier alpha value is -1.71. The third-order valence-electron chi connectivity index (χ3n) is 2.69. The number of carbonyl (C=O) groups excluding carboxylic acids is 1. The summed E-state index contributed by atoms with van der Waals surface area (Å²) < 4.78 is 5.14. The molecule has 1 aliphatic rings. The number of methoxy groups -OCH3 is 1. The van der Waals surface area contributed by atoms with Crippen LogP contribution >= 0.6 is 0 Å². The minimum absolute atomic E-state index is 0.245. The molecule has 1 aromatic carbocycles. The van der Waals surface area contributed by atoms with E-state index >= 15 is 0 Å². The Balaban J connectivity index is 2.24. The van der Waals surface area contributed by atoms with Crippen LogP contribution < -0.4 is 15.8 Å². The molecule has 1 amide bonds. The van der Waals surface area contributed by atoms with Crippen molar-refractivity contribution in [2.75, 3.05) is 12.4 Å². The van der Waals surface area contributed by atoms with Gasteiger partial charge in [-0.2, -0.15) is 0 Å². The molecule has 1 atom stereocenters. The third-order valence-corrected chi connectivity index (χ3v) is 2.69. The molecule has 1 heterocycles. The number of aryl methyl sites for hydroxylation is 1. The summed E-state index contributed by atoms with van der Waals surface area (Å²) in [6.45, 7) is 0. The molecule has 1 aliphatic heterocycles. The zero-order valence-electron chi connectivity index (χ0n) is 8.62. The van der Waals surface area contributed by atoms with Gasteiger partial charge in [0.1, 0.15) is 11.8 Å². The summed E-state index contributed by atoms with van der Waals surface area (Å²) in [6, 6.07) is 5.53. The number of anilines is 1. The summed E-state index contributed by atoms with van der Waals surface area (Å²) in [4.78, 5) is 11.0. The normalized spacial score (nSPS) is 18.9. The van der Waals surface area contributed by atoms with Gasteiger partial charge in [0, 0.05) is 5.69 Å². The summed E-state index contributed by atoms with van der Waals surface area (Å²) in [7, 11) is 1.64. The first kappa shape index (κ1) is 9.83. The van der Waals surface area contributed by atoms with E-state index in [-0.39, 0.29) is 11.9 Å². The number of primary amides is 1. The number of benzene rings is 1. The molecule has 80 valence electrons. The smallest absolute Gasteiger partial charge is 0.239 e. The Morgan fingerprint density at radius 1 is 1.60 bits per heavy atom. The van der Waals surface area contributed by atoms with Crippen LogP contribution in [0.3, 0.4) is 0 Å². The van der Waals surface area contributed by atoms with Crippen LogP contribution in [0, 0.1) is 0 Å². The summed E-state index contributed by atoms with van der Waals surface area (Å²) in [5.41, 5.74) is 7.40. The van der Waals surface area contributed by atoms with Crippen molar-refractivity contribution >= 4 is 11.6 Å². The molecule has 1 aromatic rings. The average molecular weight is 206 g/mol. The minimum atomic E-state index is -0.295. The lowest BCUT2D eigenvalue weighted by atomic mass is 9.97. The number of hydrogen-bond acceptors (Lipinski definition) is 3. The zero-order valence-corrected chi connectivity index (χ0v) is 8.62. The van der Waals surface area contributed by atoms with Gasteiger partial charge in [-0.25, -0.2) is 0 Å². The SMILES string of the molecule is COc1ccc2c(c1)CCC(C(N)=O)N2. The van der Waals surface area contributed by atoms with Crippen LogP contribution in [0.25, 0.3) is 0 Å². The first-order chi connectivity index (χ1) is 7.20. The molecule has 4 heteroatoms. The lowest BCUT2D eigenvalue weighted by Gasteiger charge is -2.24. The van der Waals surface area contributed by atoms with E-state index in [0.717, 1.165) is 24.3 Å². The highest BCUT2D eigenvalue weighted by molar-refractivity contribution is 5.84. The van der Waals surface area contributed by atoms with E-state index in [0.29, 0.717) is 0 Å². The standard InChI is InChI=1S/C11H14N2O2/c1-15-8-3-5-9-7(6-8)2-4-10(13-9)11(12)14/h3,5-6,10,13H,2,4H2,1H3,(H2,12,14). The molecule has 1 unspecified atom stereocenters. The molecule has 2 rings (SSSR count). The van der Waals surface area contributed by atoms with Crippen LogP contribution in [0.1, 0.15) is 12.0 Å². The van der Waals surface area contributed by atoms with Crippen LogP contribution in [-0.4, -0.2) is 19.1 Å². The number of amides is 1. The molecular formula is C11H14N2O2. The fraction of sp³-hybridized carbons (Fsp3) is 0.364. The van der Waals surface area contributed by atoms with E-state index in [9.17, 15) is 4.79 Å². The second-order valence-corrected chi connectivity index (χ2v) is 3.66. The first-order valence-electron chi connectivity index (χ1n) is 4.93. The first-order valence-corrected chi connectivity index (χ1v) is 4.93. The summed E-state index contributed by atoms with van der Waals surface area (Å²) in [5.74, 6) is 0.546. The molecule has 0 radical (unpaired) electrons. The van der Waals surface area contributed by atoms with E-state index in [1.165, 1.54) is 5.56 Å². The van der Waals surface area contributed by atoms with Gasteiger partial charge >= 0.3 is 0 Å². The second-order valence-electron chi connectivity index (χ2n) is 3.66. The van der Waals surface area contributed by atoms with E-state index in [4.69, 9.17) is 10.5 Å². The second kappa shape index (κ2) is 3.81. The van der Waals surface area contributed by atoms with Crippen LogP contribution in [0.15, 0.2) is 18.2 Å². The van der Waals surface area contributed by atoms with Crippen molar-refractivity contribution in [3.8, 4) is 5.75 Å². The van der Waals surface area contributed by atoms with Crippen molar-refractivity contribution in [2.24, 2.45) is 5.73 Å². The molecule has 0 saturated carbocycles. The van der Waals surface area contributed by atoms with Crippen molar-refractivity contribution < 1.29 is 9.53 Å². The monoisotopic (exact) mass is 206 g/mol. The summed E-state index contributed by atoms with van der Waals surface area (Å²) in [5, 5.41) is 3.12. The number of carbonyl (C=O) groups is 1. The van der Waals surface area contributed by atoms with Crippen LogP contribution in [-0.2, 0) is 11.2 Å². The molecule has 4 nitrogen and oxygen atoms in total. The van der Waals surface area contributed by atoms with Crippen molar-refractivity contribution in [3.63, 3.8) is 0 Å². The van der Waals surface area contributed by atoms with E-state index in [1.54, 1.807) is 7.11 Å². The Morgan fingerprint density at radius 3 is 3.07 bits per heavy atom. The van der Waals surface area contributed by atoms with Gasteiger partial charge in [0.15, 0.2) is 0 Å². The molecule has 15 heavy (non-hydrogen) atoms. The predicted molar refractivity (Wildman–Crippen MR) is 57.9 cm³/mol.